The van der Waals surface area contributed by atoms with E-state index in [2.05, 4.69) is 4.72 Å². The Hall–Kier alpha value is -1.50. The minimum atomic E-state index is -3.95. The van der Waals surface area contributed by atoms with Crippen molar-refractivity contribution < 1.29 is 17.5 Å². The second-order valence-corrected chi connectivity index (χ2v) is 6.52. The first kappa shape index (κ1) is 15.9. The molecule has 0 aromatic heterocycles. The molecule has 2 aromatic carbocycles. The lowest BCUT2D eigenvalue weighted by atomic mass is 10.3. The van der Waals surface area contributed by atoms with E-state index in [0.717, 1.165) is 6.07 Å². The van der Waals surface area contributed by atoms with Gasteiger partial charge in [0.25, 0.3) is 10.0 Å². The van der Waals surface area contributed by atoms with E-state index in [4.69, 9.17) is 27.9 Å². The molecule has 112 valence electrons. The highest BCUT2D eigenvalue weighted by molar-refractivity contribution is 7.92. The van der Waals surface area contributed by atoms with Crippen molar-refractivity contribution in [3.05, 3.63) is 52.3 Å². The maximum absolute atomic E-state index is 13.1. The van der Waals surface area contributed by atoms with Gasteiger partial charge in [0.15, 0.2) is 0 Å². The van der Waals surface area contributed by atoms with Crippen molar-refractivity contribution in [2.24, 2.45) is 0 Å². The topological polar surface area (TPSA) is 55.4 Å². The van der Waals surface area contributed by atoms with Crippen LogP contribution in [0, 0.1) is 5.82 Å². The number of halogens is 3. The maximum Gasteiger partial charge on any atom is 0.265 e. The van der Waals surface area contributed by atoms with Crippen LogP contribution in [0.1, 0.15) is 0 Å². The van der Waals surface area contributed by atoms with E-state index in [1.54, 1.807) is 0 Å². The van der Waals surface area contributed by atoms with Crippen LogP contribution in [0.3, 0.4) is 0 Å². The minimum absolute atomic E-state index is 0.127. The monoisotopic (exact) mass is 349 g/mol. The molecule has 0 aliphatic carbocycles. The van der Waals surface area contributed by atoms with Crippen LogP contribution in [0.2, 0.25) is 10.0 Å². The van der Waals surface area contributed by atoms with Crippen LogP contribution in [0.5, 0.6) is 5.75 Å². The first-order valence-corrected chi connectivity index (χ1v) is 7.89. The molecule has 0 heterocycles. The van der Waals surface area contributed by atoms with E-state index < -0.39 is 15.8 Å². The van der Waals surface area contributed by atoms with Crippen molar-refractivity contribution >= 4 is 38.9 Å². The normalized spacial score (nSPS) is 11.2. The van der Waals surface area contributed by atoms with Crippen LogP contribution >= 0.6 is 23.2 Å². The zero-order valence-electron chi connectivity index (χ0n) is 10.7. The smallest absolute Gasteiger partial charge is 0.265 e. The molecule has 21 heavy (non-hydrogen) atoms. The first-order chi connectivity index (χ1) is 9.83. The lowest BCUT2D eigenvalue weighted by molar-refractivity contribution is 0.403. The molecule has 0 unspecified atom stereocenters. The van der Waals surface area contributed by atoms with Crippen LogP contribution in [0.4, 0.5) is 10.1 Å². The predicted molar refractivity (Wildman–Crippen MR) is 80.2 cm³/mol. The maximum atomic E-state index is 13.1. The van der Waals surface area contributed by atoms with Gasteiger partial charge in [0.2, 0.25) is 0 Å². The molecule has 8 heteroatoms. The minimum Gasteiger partial charge on any atom is -0.495 e. The Bertz CT molecular complexity index is 781. The summed E-state index contributed by atoms with van der Waals surface area (Å²) < 4.78 is 45.1. The average Bonchev–Trinajstić information content (AvgIpc) is 2.42. The summed E-state index contributed by atoms with van der Waals surface area (Å²) in [6.45, 7) is 0. The molecule has 0 radical (unpaired) electrons. The van der Waals surface area contributed by atoms with E-state index in [1.165, 1.54) is 37.4 Å². The van der Waals surface area contributed by atoms with Crippen molar-refractivity contribution in [1.29, 1.82) is 0 Å². The van der Waals surface area contributed by atoms with Gasteiger partial charge in [-0.15, -0.1) is 0 Å². The zero-order valence-corrected chi connectivity index (χ0v) is 13.1. The lowest BCUT2D eigenvalue weighted by Gasteiger charge is -2.12. The molecule has 0 amide bonds. The largest absolute Gasteiger partial charge is 0.495 e. The third-order valence-corrected chi connectivity index (χ3v) is 4.51. The lowest BCUT2D eigenvalue weighted by Crippen LogP contribution is -2.14. The van der Waals surface area contributed by atoms with Crippen LogP contribution < -0.4 is 9.46 Å². The summed E-state index contributed by atoms with van der Waals surface area (Å²) in [6.07, 6.45) is 0. The third-order valence-electron chi connectivity index (χ3n) is 2.59. The number of nitrogens with one attached hydrogen (secondary N) is 1. The molecular formula is C13H10Cl2FNO3S. The number of ether oxygens (including phenoxy) is 1. The van der Waals surface area contributed by atoms with Crippen LogP contribution in [0.25, 0.3) is 0 Å². The van der Waals surface area contributed by atoms with Gasteiger partial charge in [-0.3, -0.25) is 4.72 Å². The van der Waals surface area contributed by atoms with Crippen LogP contribution in [-0.2, 0) is 10.0 Å². The van der Waals surface area contributed by atoms with E-state index in [9.17, 15) is 12.8 Å². The van der Waals surface area contributed by atoms with Gasteiger partial charge in [-0.05, 0) is 36.4 Å². The number of sulfonamides is 1. The highest BCUT2D eigenvalue weighted by atomic mass is 35.5. The molecule has 0 spiro atoms. The first-order valence-electron chi connectivity index (χ1n) is 5.65. The summed E-state index contributed by atoms with van der Waals surface area (Å²) in [6, 6.07) is 7.70. The van der Waals surface area contributed by atoms with Gasteiger partial charge in [0.05, 0.1) is 17.8 Å². The van der Waals surface area contributed by atoms with Crippen molar-refractivity contribution in [1.82, 2.24) is 0 Å². The molecule has 1 N–H and O–H groups in total. The Morgan fingerprint density at radius 3 is 2.48 bits per heavy atom. The number of rotatable bonds is 4. The second kappa shape index (κ2) is 6.09. The van der Waals surface area contributed by atoms with Crippen LogP contribution in [-0.4, -0.2) is 15.5 Å². The fourth-order valence-corrected chi connectivity index (χ4v) is 3.29. The summed E-state index contributed by atoms with van der Waals surface area (Å²) in [5, 5.41) is 0.0570. The second-order valence-electron chi connectivity index (χ2n) is 4.03. The van der Waals surface area contributed by atoms with Crippen molar-refractivity contribution in [2.45, 2.75) is 4.90 Å². The molecule has 0 bridgehead atoms. The molecular weight excluding hydrogens is 340 g/mol. The van der Waals surface area contributed by atoms with Crippen LogP contribution in [0.15, 0.2) is 41.3 Å². The molecule has 0 aliphatic heterocycles. The Morgan fingerprint density at radius 1 is 1.14 bits per heavy atom. The molecule has 0 atom stereocenters. The third kappa shape index (κ3) is 3.58. The van der Waals surface area contributed by atoms with E-state index in [1.807, 2.05) is 0 Å². The fraction of sp³-hybridized carbons (Fsp3) is 0.0769. The van der Waals surface area contributed by atoms with Gasteiger partial charge in [0, 0.05) is 5.02 Å². The number of anilines is 1. The molecule has 4 nitrogen and oxygen atoms in total. The van der Waals surface area contributed by atoms with Crippen molar-refractivity contribution in [3.8, 4) is 5.75 Å². The predicted octanol–water partition coefficient (Wildman–Crippen LogP) is 3.94. The molecule has 0 fully saturated rings. The SMILES string of the molecule is COc1ccc(Cl)cc1S(=O)(=O)Nc1ccc(F)c(Cl)c1. The molecule has 0 aliphatic rings. The Kier molecular flexibility index (Phi) is 4.61. The molecule has 0 saturated carbocycles. The summed E-state index contributed by atoms with van der Waals surface area (Å²) >= 11 is 11.4. The van der Waals surface area contributed by atoms with Crippen molar-refractivity contribution in [3.63, 3.8) is 0 Å². The highest BCUT2D eigenvalue weighted by Gasteiger charge is 2.20. The highest BCUT2D eigenvalue weighted by Crippen LogP contribution is 2.29. The molecule has 0 saturated heterocycles. The van der Waals surface area contributed by atoms with Gasteiger partial charge in [-0.1, -0.05) is 23.2 Å². The van der Waals surface area contributed by atoms with Gasteiger partial charge < -0.3 is 4.74 Å². The van der Waals surface area contributed by atoms with Gasteiger partial charge in [-0.25, -0.2) is 12.8 Å². The number of hydrogen-bond acceptors (Lipinski definition) is 3. The van der Waals surface area contributed by atoms with Gasteiger partial charge in [-0.2, -0.15) is 0 Å². The Morgan fingerprint density at radius 2 is 1.86 bits per heavy atom. The summed E-state index contributed by atoms with van der Waals surface area (Å²) in [5.74, 6) is -0.500. The van der Waals surface area contributed by atoms with Crippen molar-refractivity contribution in [2.75, 3.05) is 11.8 Å². The molecule has 2 aromatic rings. The van der Waals surface area contributed by atoms with E-state index >= 15 is 0 Å². The summed E-state index contributed by atoms with van der Waals surface area (Å²) in [7, 11) is -2.60. The quantitative estimate of drug-likeness (QED) is 0.909. The van der Waals surface area contributed by atoms with Gasteiger partial charge in [0.1, 0.15) is 16.5 Å². The Labute approximate surface area is 131 Å². The number of methoxy groups -OCH3 is 1. The zero-order chi connectivity index (χ0) is 15.6. The van der Waals surface area contributed by atoms with E-state index in [-0.39, 0.29) is 26.4 Å². The number of benzene rings is 2. The number of hydrogen-bond donors (Lipinski definition) is 1. The van der Waals surface area contributed by atoms with E-state index in [0.29, 0.717) is 0 Å². The Balaban J connectivity index is 2.42. The fourth-order valence-electron chi connectivity index (χ4n) is 1.63. The standard InChI is InChI=1S/C13H10Cl2FNO3S/c1-20-12-5-2-8(14)6-13(12)21(18,19)17-9-3-4-11(16)10(15)7-9/h2-7,17H,1H3. The summed E-state index contributed by atoms with van der Waals surface area (Å²) in [5.41, 5.74) is 0.128. The summed E-state index contributed by atoms with van der Waals surface area (Å²) in [4.78, 5) is -0.127. The average molecular weight is 350 g/mol. The van der Waals surface area contributed by atoms with Gasteiger partial charge >= 0.3 is 0 Å². The molecule has 2 rings (SSSR count).